The molecule has 0 saturated carbocycles. The number of benzene rings is 2. The van der Waals surface area contributed by atoms with Crippen molar-refractivity contribution < 1.29 is 14.4 Å². The Morgan fingerprint density at radius 3 is 2.42 bits per heavy atom. The summed E-state index contributed by atoms with van der Waals surface area (Å²) in [5, 5.41) is 20.5. The van der Waals surface area contributed by atoms with E-state index in [1.165, 1.54) is 18.2 Å². The molecular formula is C18H19FN2O3. The molecule has 5 nitrogen and oxygen atoms in total. The van der Waals surface area contributed by atoms with Crippen LogP contribution < -0.4 is 4.90 Å². The number of aliphatic hydroxyl groups excluding tert-OH is 1. The number of piperidine rings is 1. The van der Waals surface area contributed by atoms with Crippen LogP contribution in [-0.4, -0.2) is 23.1 Å². The van der Waals surface area contributed by atoms with Gasteiger partial charge in [-0.15, -0.1) is 0 Å². The fourth-order valence-electron chi connectivity index (χ4n) is 3.26. The summed E-state index contributed by atoms with van der Waals surface area (Å²) in [6.45, 7) is 1.24. The molecule has 2 aromatic rings. The molecule has 0 amide bonds. The third kappa shape index (κ3) is 3.38. The van der Waals surface area contributed by atoms with E-state index in [9.17, 15) is 19.6 Å². The van der Waals surface area contributed by atoms with Crippen molar-refractivity contribution >= 4 is 11.4 Å². The molecule has 1 aliphatic rings. The quantitative estimate of drug-likeness (QED) is 0.687. The van der Waals surface area contributed by atoms with Crippen LogP contribution in [0, 0.1) is 15.9 Å². The molecule has 1 saturated heterocycles. The second kappa shape index (κ2) is 6.97. The summed E-state index contributed by atoms with van der Waals surface area (Å²) in [6, 6.07) is 11.3. The second-order valence-corrected chi connectivity index (χ2v) is 6.05. The zero-order chi connectivity index (χ0) is 17.1. The molecule has 1 heterocycles. The van der Waals surface area contributed by atoms with E-state index in [2.05, 4.69) is 0 Å². The van der Waals surface area contributed by atoms with E-state index in [4.69, 9.17) is 0 Å². The van der Waals surface area contributed by atoms with Gasteiger partial charge in [0.05, 0.1) is 11.5 Å². The minimum atomic E-state index is -0.386. The highest BCUT2D eigenvalue weighted by Gasteiger charge is 2.25. The molecule has 24 heavy (non-hydrogen) atoms. The Morgan fingerprint density at radius 2 is 1.83 bits per heavy atom. The number of nitrogens with zero attached hydrogens (tertiary/aromatic N) is 2. The minimum Gasteiger partial charge on any atom is -0.392 e. The zero-order valence-electron chi connectivity index (χ0n) is 13.2. The summed E-state index contributed by atoms with van der Waals surface area (Å²) in [7, 11) is 0. The third-order valence-corrected chi connectivity index (χ3v) is 4.60. The molecule has 0 radical (unpaired) electrons. The van der Waals surface area contributed by atoms with E-state index >= 15 is 0 Å². The van der Waals surface area contributed by atoms with Gasteiger partial charge in [0.15, 0.2) is 0 Å². The highest BCUT2D eigenvalue weighted by Crippen LogP contribution is 2.35. The largest absolute Gasteiger partial charge is 0.392 e. The first-order chi connectivity index (χ1) is 11.6. The van der Waals surface area contributed by atoms with Crippen molar-refractivity contribution in [2.24, 2.45) is 0 Å². The van der Waals surface area contributed by atoms with Crippen LogP contribution in [0.15, 0.2) is 42.5 Å². The average molecular weight is 330 g/mol. The van der Waals surface area contributed by atoms with Crippen molar-refractivity contribution in [3.05, 3.63) is 69.5 Å². The monoisotopic (exact) mass is 330 g/mol. The van der Waals surface area contributed by atoms with Gasteiger partial charge in [-0.25, -0.2) is 4.39 Å². The van der Waals surface area contributed by atoms with Crippen LogP contribution in [0.4, 0.5) is 15.8 Å². The van der Waals surface area contributed by atoms with Crippen LogP contribution in [0.3, 0.4) is 0 Å². The van der Waals surface area contributed by atoms with Gasteiger partial charge >= 0.3 is 0 Å². The number of anilines is 1. The van der Waals surface area contributed by atoms with Crippen molar-refractivity contribution in [1.29, 1.82) is 0 Å². The lowest BCUT2D eigenvalue weighted by Crippen LogP contribution is -2.33. The Labute approximate surface area is 139 Å². The molecule has 0 unspecified atom stereocenters. The van der Waals surface area contributed by atoms with Gasteiger partial charge in [-0.05, 0) is 54.2 Å². The smallest absolute Gasteiger partial charge is 0.292 e. The Balaban J connectivity index is 1.76. The summed E-state index contributed by atoms with van der Waals surface area (Å²) in [5.41, 5.74) is 2.39. The van der Waals surface area contributed by atoms with Crippen molar-refractivity contribution in [3.63, 3.8) is 0 Å². The molecule has 1 fully saturated rings. The molecular weight excluding hydrogens is 311 g/mol. The van der Waals surface area contributed by atoms with E-state index < -0.39 is 0 Å². The van der Waals surface area contributed by atoms with Crippen LogP contribution >= 0.6 is 0 Å². The molecule has 6 heteroatoms. The SMILES string of the molecule is O=[N+]([O-])c1ccc(CO)cc1N1CCC(c2ccc(F)cc2)CC1. The number of halogens is 1. The third-order valence-electron chi connectivity index (χ3n) is 4.60. The van der Waals surface area contributed by atoms with Crippen LogP contribution in [-0.2, 0) is 6.61 Å². The zero-order valence-corrected chi connectivity index (χ0v) is 13.2. The van der Waals surface area contributed by atoms with Crippen LogP contribution in [0.25, 0.3) is 0 Å². The maximum Gasteiger partial charge on any atom is 0.292 e. The van der Waals surface area contributed by atoms with Crippen LogP contribution in [0.2, 0.25) is 0 Å². The normalized spacial score (nSPS) is 15.5. The van der Waals surface area contributed by atoms with Gasteiger partial charge in [0.25, 0.3) is 5.69 Å². The molecule has 0 bridgehead atoms. The molecule has 126 valence electrons. The summed E-state index contributed by atoms with van der Waals surface area (Å²) in [6.07, 6.45) is 1.71. The van der Waals surface area contributed by atoms with Gasteiger partial charge in [0, 0.05) is 19.2 Å². The van der Waals surface area contributed by atoms with Crippen LogP contribution in [0.5, 0.6) is 0 Å². The first-order valence-electron chi connectivity index (χ1n) is 7.97. The molecule has 0 aliphatic carbocycles. The fraction of sp³-hybridized carbons (Fsp3) is 0.333. The number of rotatable bonds is 4. The summed E-state index contributed by atoms with van der Waals surface area (Å²) in [4.78, 5) is 12.9. The maximum atomic E-state index is 13.0. The van der Waals surface area contributed by atoms with E-state index in [-0.39, 0.29) is 23.0 Å². The van der Waals surface area contributed by atoms with Crippen LogP contribution in [0.1, 0.15) is 29.9 Å². The Hall–Kier alpha value is -2.47. The lowest BCUT2D eigenvalue weighted by Gasteiger charge is -2.33. The topological polar surface area (TPSA) is 66.6 Å². The van der Waals surface area contributed by atoms with Gasteiger partial charge in [-0.1, -0.05) is 12.1 Å². The highest BCUT2D eigenvalue weighted by molar-refractivity contribution is 5.64. The predicted molar refractivity (Wildman–Crippen MR) is 89.6 cm³/mol. The molecule has 2 aromatic carbocycles. The first kappa shape index (κ1) is 16.4. The van der Waals surface area contributed by atoms with Gasteiger partial charge in [0.1, 0.15) is 11.5 Å². The van der Waals surface area contributed by atoms with Gasteiger partial charge in [-0.2, -0.15) is 0 Å². The lowest BCUT2D eigenvalue weighted by atomic mass is 9.89. The summed E-state index contributed by atoms with van der Waals surface area (Å²) < 4.78 is 13.0. The molecule has 3 rings (SSSR count). The van der Waals surface area contributed by atoms with Gasteiger partial charge in [-0.3, -0.25) is 10.1 Å². The Bertz CT molecular complexity index is 726. The number of hydrogen-bond donors (Lipinski definition) is 1. The molecule has 0 aromatic heterocycles. The van der Waals surface area contributed by atoms with E-state index in [1.54, 1.807) is 12.1 Å². The van der Waals surface area contributed by atoms with Crippen molar-refractivity contribution in [2.45, 2.75) is 25.4 Å². The Kier molecular flexibility index (Phi) is 4.76. The maximum absolute atomic E-state index is 13.0. The minimum absolute atomic E-state index is 0.0624. The van der Waals surface area contributed by atoms with Crippen molar-refractivity contribution in [2.75, 3.05) is 18.0 Å². The average Bonchev–Trinajstić information content (AvgIpc) is 2.62. The molecule has 0 atom stereocenters. The molecule has 1 aliphatic heterocycles. The highest BCUT2D eigenvalue weighted by atomic mass is 19.1. The summed E-state index contributed by atoms with van der Waals surface area (Å²) >= 11 is 0. The number of nitro groups is 1. The summed E-state index contributed by atoms with van der Waals surface area (Å²) in [5.74, 6) is 0.0922. The first-order valence-corrected chi connectivity index (χ1v) is 7.97. The Morgan fingerprint density at radius 1 is 1.17 bits per heavy atom. The van der Waals surface area contributed by atoms with Crippen molar-refractivity contribution in [3.8, 4) is 0 Å². The molecule has 1 N–H and O–H groups in total. The van der Waals surface area contributed by atoms with E-state index in [0.717, 1.165) is 18.4 Å². The van der Waals surface area contributed by atoms with Crippen molar-refractivity contribution in [1.82, 2.24) is 0 Å². The van der Waals surface area contributed by atoms with Gasteiger partial charge in [0.2, 0.25) is 0 Å². The number of nitro benzene ring substituents is 1. The fourth-order valence-corrected chi connectivity index (χ4v) is 3.26. The lowest BCUT2D eigenvalue weighted by molar-refractivity contribution is -0.384. The van der Waals surface area contributed by atoms with E-state index in [0.29, 0.717) is 30.3 Å². The number of hydrogen-bond acceptors (Lipinski definition) is 4. The van der Waals surface area contributed by atoms with Gasteiger partial charge < -0.3 is 10.0 Å². The second-order valence-electron chi connectivity index (χ2n) is 6.05. The van der Waals surface area contributed by atoms with E-state index in [1.807, 2.05) is 17.0 Å². The number of aliphatic hydroxyl groups is 1. The standard InChI is InChI=1S/C18H19FN2O3/c19-16-4-2-14(3-5-16)15-7-9-20(10-8-15)18-11-13(12-22)1-6-17(18)21(23)24/h1-6,11,15,22H,7-10,12H2. The predicted octanol–water partition coefficient (Wildman–Crippen LogP) is 3.61. The molecule has 0 spiro atoms.